The molecule has 0 aliphatic heterocycles. The first kappa shape index (κ1) is 14.7. The van der Waals surface area contributed by atoms with Gasteiger partial charge in [-0.2, -0.15) is 0 Å². The average molecular weight is 322 g/mol. The van der Waals surface area contributed by atoms with Crippen LogP contribution in [-0.2, 0) is 0 Å². The van der Waals surface area contributed by atoms with Crippen molar-refractivity contribution in [2.24, 2.45) is 5.92 Å². The number of amides is 1. The van der Waals surface area contributed by atoms with Crippen LogP contribution in [0.3, 0.4) is 0 Å². The highest BCUT2D eigenvalue weighted by molar-refractivity contribution is 7.22. The van der Waals surface area contributed by atoms with Crippen LogP contribution in [-0.4, -0.2) is 40.6 Å². The SMILES string of the molecule is Cc1nc(-c2cccs2)sc1C(=O)N(C)CC1CC(O)C1. The molecule has 0 atom stereocenters. The molecule has 1 aliphatic carbocycles. The van der Waals surface area contributed by atoms with Gasteiger partial charge in [0.05, 0.1) is 16.7 Å². The van der Waals surface area contributed by atoms with Crippen LogP contribution in [0.4, 0.5) is 0 Å². The van der Waals surface area contributed by atoms with Crippen molar-refractivity contribution in [3.05, 3.63) is 28.1 Å². The lowest BCUT2D eigenvalue weighted by atomic mass is 9.82. The first-order valence-corrected chi connectivity index (χ1v) is 8.69. The van der Waals surface area contributed by atoms with Gasteiger partial charge in [0, 0.05) is 13.6 Å². The molecule has 0 aromatic carbocycles. The van der Waals surface area contributed by atoms with Crippen LogP contribution in [0, 0.1) is 12.8 Å². The van der Waals surface area contributed by atoms with Crippen molar-refractivity contribution < 1.29 is 9.90 Å². The van der Waals surface area contributed by atoms with Crippen molar-refractivity contribution in [2.45, 2.75) is 25.9 Å². The Hall–Kier alpha value is -1.24. The topological polar surface area (TPSA) is 53.4 Å². The predicted molar refractivity (Wildman–Crippen MR) is 85.9 cm³/mol. The van der Waals surface area contributed by atoms with Gasteiger partial charge in [0.2, 0.25) is 0 Å². The zero-order valence-corrected chi connectivity index (χ0v) is 13.7. The molecule has 112 valence electrons. The lowest BCUT2D eigenvalue weighted by Gasteiger charge is -2.34. The summed E-state index contributed by atoms with van der Waals surface area (Å²) in [6.45, 7) is 2.60. The summed E-state index contributed by atoms with van der Waals surface area (Å²) in [5, 5.41) is 12.3. The molecule has 0 saturated heterocycles. The molecule has 2 heterocycles. The van der Waals surface area contributed by atoms with Gasteiger partial charge in [-0.25, -0.2) is 4.98 Å². The summed E-state index contributed by atoms with van der Waals surface area (Å²) in [7, 11) is 1.83. The van der Waals surface area contributed by atoms with E-state index in [2.05, 4.69) is 4.98 Å². The van der Waals surface area contributed by atoms with Crippen molar-refractivity contribution in [2.75, 3.05) is 13.6 Å². The van der Waals surface area contributed by atoms with Gasteiger partial charge < -0.3 is 10.0 Å². The molecule has 0 bridgehead atoms. The van der Waals surface area contributed by atoms with E-state index in [-0.39, 0.29) is 12.0 Å². The molecule has 0 radical (unpaired) electrons. The zero-order valence-electron chi connectivity index (χ0n) is 12.1. The molecule has 0 unspecified atom stereocenters. The molecule has 1 aliphatic rings. The van der Waals surface area contributed by atoms with Crippen LogP contribution >= 0.6 is 22.7 Å². The highest BCUT2D eigenvalue weighted by Crippen LogP contribution is 2.32. The van der Waals surface area contributed by atoms with E-state index in [0.29, 0.717) is 12.5 Å². The third-order valence-corrected chi connectivity index (χ3v) is 6.00. The van der Waals surface area contributed by atoms with E-state index < -0.39 is 0 Å². The van der Waals surface area contributed by atoms with Gasteiger partial charge in [0.15, 0.2) is 0 Å². The standard InChI is InChI=1S/C15H18N2O2S2/c1-9-13(21-14(16-9)12-4-3-5-20-12)15(19)17(2)8-10-6-11(18)7-10/h3-5,10-11,18H,6-8H2,1-2H3. The van der Waals surface area contributed by atoms with E-state index in [0.717, 1.165) is 33.3 Å². The molecule has 3 rings (SSSR count). The van der Waals surface area contributed by atoms with Crippen molar-refractivity contribution in [3.63, 3.8) is 0 Å². The second-order valence-electron chi connectivity index (χ2n) is 5.59. The Morgan fingerprint density at radius 1 is 1.52 bits per heavy atom. The molecule has 0 spiro atoms. The van der Waals surface area contributed by atoms with Gasteiger partial charge >= 0.3 is 0 Å². The highest BCUT2D eigenvalue weighted by Gasteiger charge is 2.30. The van der Waals surface area contributed by atoms with E-state index in [1.54, 1.807) is 16.2 Å². The quantitative estimate of drug-likeness (QED) is 0.941. The number of aryl methyl sites for hydroxylation is 1. The summed E-state index contributed by atoms with van der Waals surface area (Å²) >= 11 is 3.10. The maximum absolute atomic E-state index is 12.5. The number of aliphatic hydroxyl groups excluding tert-OH is 1. The second kappa shape index (κ2) is 5.87. The Balaban J connectivity index is 1.72. The van der Waals surface area contributed by atoms with Gasteiger partial charge in [-0.1, -0.05) is 6.07 Å². The summed E-state index contributed by atoms with van der Waals surface area (Å²) in [6, 6.07) is 4.02. The summed E-state index contributed by atoms with van der Waals surface area (Å²) < 4.78 is 0. The van der Waals surface area contributed by atoms with Gasteiger partial charge in [-0.15, -0.1) is 22.7 Å². The molecule has 1 amide bonds. The molecular formula is C15H18N2O2S2. The minimum absolute atomic E-state index is 0.0363. The first-order chi connectivity index (χ1) is 10.0. The number of hydrogen-bond acceptors (Lipinski definition) is 5. The Morgan fingerprint density at radius 2 is 2.29 bits per heavy atom. The van der Waals surface area contributed by atoms with Crippen LogP contribution < -0.4 is 0 Å². The molecule has 6 heteroatoms. The van der Waals surface area contributed by atoms with Gasteiger partial charge in [0.25, 0.3) is 5.91 Å². The van der Waals surface area contributed by atoms with Crippen molar-refractivity contribution in [1.82, 2.24) is 9.88 Å². The van der Waals surface area contributed by atoms with E-state index >= 15 is 0 Å². The van der Waals surface area contributed by atoms with Gasteiger partial charge in [-0.3, -0.25) is 4.79 Å². The monoisotopic (exact) mass is 322 g/mol. The fourth-order valence-corrected chi connectivity index (χ4v) is 4.45. The molecular weight excluding hydrogens is 304 g/mol. The minimum atomic E-state index is -0.172. The van der Waals surface area contributed by atoms with Crippen LogP contribution in [0.25, 0.3) is 9.88 Å². The Bertz CT molecular complexity index is 630. The Kier molecular flexibility index (Phi) is 4.10. The third kappa shape index (κ3) is 3.02. The van der Waals surface area contributed by atoms with Crippen LogP contribution in [0.1, 0.15) is 28.2 Å². The number of thiophene rings is 1. The minimum Gasteiger partial charge on any atom is -0.393 e. The summed E-state index contributed by atoms with van der Waals surface area (Å²) in [4.78, 5) is 20.7. The number of rotatable bonds is 4. The molecule has 4 nitrogen and oxygen atoms in total. The number of hydrogen-bond donors (Lipinski definition) is 1. The predicted octanol–water partition coefficient (Wildman–Crippen LogP) is 3.02. The van der Waals surface area contributed by atoms with E-state index in [4.69, 9.17) is 0 Å². The van der Waals surface area contributed by atoms with Crippen molar-refractivity contribution in [1.29, 1.82) is 0 Å². The number of thiazole rings is 1. The maximum atomic E-state index is 12.5. The zero-order chi connectivity index (χ0) is 15.0. The van der Waals surface area contributed by atoms with Crippen LogP contribution in [0.5, 0.6) is 0 Å². The Labute approximate surface area is 132 Å². The average Bonchev–Trinajstić information content (AvgIpc) is 3.04. The summed E-state index contributed by atoms with van der Waals surface area (Å²) in [5.41, 5.74) is 0.800. The normalized spacial score (nSPS) is 21.1. The fraction of sp³-hybridized carbons (Fsp3) is 0.467. The maximum Gasteiger partial charge on any atom is 0.265 e. The molecule has 2 aromatic heterocycles. The molecule has 1 N–H and O–H groups in total. The molecule has 21 heavy (non-hydrogen) atoms. The molecule has 1 fully saturated rings. The highest BCUT2D eigenvalue weighted by atomic mass is 32.1. The third-order valence-electron chi connectivity index (χ3n) is 3.81. The number of aliphatic hydroxyl groups is 1. The molecule has 1 saturated carbocycles. The van der Waals surface area contributed by atoms with E-state index in [1.165, 1.54) is 11.3 Å². The summed E-state index contributed by atoms with van der Waals surface area (Å²) in [6.07, 6.45) is 1.44. The van der Waals surface area contributed by atoms with Crippen LogP contribution in [0.2, 0.25) is 0 Å². The van der Waals surface area contributed by atoms with Gasteiger partial charge in [0.1, 0.15) is 9.88 Å². The smallest absolute Gasteiger partial charge is 0.265 e. The summed E-state index contributed by atoms with van der Waals surface area (Å²) in [5.74, 6) is 0.466. The second-order valence-corrected chi connectivity index (χ2v) is 7.53. The molecule has 2 aromatic rings. The fourth-order valence-electron chi connectivity index (χ4n) is 2.59. The number of carbonyl (C=O) groups excluding carboxylic acids is 1. The number of nitrogens with zero attached hydrogens (tertiary/aromatic N) is 2. The first-order valence-electron chi connectivity index (χ1n) is 6.99. The number of carbonyl (C=O) groups is 1. The van der Waals surface area contributed by atoms with Crippen molar-refractivity contribution >= 4 is 28.6 Å². The van der Waals surface area contributed by atoms with Crippen LogP contribution in [0.15, 0.2) is 17.5 Å². The van der Waals surface area contributed by atoms with Crippen molar-refractivity contribution in [3.8, 4) is 9.88 Å². The lowest BCUT2D eigenvalue weighted by Crippen LogP contribution is -2.39. The van der Waals surface area contributed by atoms with E-state index in [9.17, 15) is 9.90 Å². The van der Waals surface area contributed by atoms with E-state index in [1.807, 2.05) is 31.5 Å². The lowest BCUT2D eigenvalue weighted by molar-refractivity contribution is 0.0266. The largest absolute Gasteiger partial charge is 0.393 e. The van der Waals surface area contributed by atoms with Gasteiger partial charge in [-0.05, 0) is 37.1 Å². The number of aromatic nitrogens is 1. The Morgan fingerprint density at radius 3 is 2.90 bits per heavy atom.